The molecule has 1 saturated heterocycles. The van der Waals surface area contributed by atoms with Gasteiger partial charge in [-0.25, -0.2) is 13.4 Å². The molecule has 160 valence electrons. The topological polar surface area (TPSA) is 125 Å². The summed E-state index contributed by atoms with van der Waals surface area (Å²) in [5.74, 6) is 1.44. The van der Waals surface area contributed by atoms with Gasteiger partial charge in [-0.05, 0) is 12.1 Å². The lowest BCUT2D eigenvalue weighted by molar-refractivity contribution is -0.129. The van der Waals surface area contributed by atoms with Crippen molar-refractivity contribution in [3.63, 3.8) is 0 Å². The van der Waals surface area contributed by atoms with Crippen molar-refractivity contribution in [3.8, 4) is 0 Å². The van der Waals surface area contributed by atoms with E-state index in [1.54, 1.807) is 4.90 Å². The van der Waals surface area contributed by atoms with E-state index in [0.29, 0.717) is 50.1 Å². The van der Waals surface area contributed by atoms with Crippen LogP contribution in [0.5, 0.6) is 0 Å². The molecule has 12 heteroatoms. The lowest BCUT2D eigenvalue weighted by atomic mass is 10.3. The van der Waals surface area contributed by atoms with Gasteiger partial charge in [0.2, 0.25) is 21.8 Å². The van der Waals surface area contributed by atoms with E-state index in [-0.39, 0.29) is 11.7 Å². The van der Waals surface area contributed by atoms with E-state index in [2.05, 4.69) is 20.2 Å². The van der Waals surface area contributed by atoms with Crippen LogP contribution in [0.1, 0.15) is 11.7 Å². The quantitative estimate of drug-likeness (QED) is 0.527. The number of para-hydroxylation sites is 2. The van der Waals surface area contributed by atoms with Gasteiger partial charge in [0, 0.05) is 39.0 Å². The van der Waals surface area contributed by atoms with E-state index in [9.17, 15) is 13.2 Å². The highest BCUT2D eigenvalue weighted by Crippen LogP contribution is 2.19. The molecule has 0 aliphatic carbocycles. The number of fused-ring (bicyclic) bond motifs is 1. The Kier molecular flexibility index (Phi) is 6.06. The molecule has 1 fully saturated rings. The zero-order valence-corrected chi connectivity index (χ0v) is 18.1. The Bertz CT molecular complexity index is 1100. The molecule has 4 rings (SSSR count). The molecule has 0 atom stereocenters. The number of carbonyl (C=O) groups excluding carboxylic acids is 1. The van der Waals surface area contributed by atoms with Crippen LogP contribution < -0.4 is 0 Å². The first kappa shape index (κ1) is 20.8. The lowest BCUT2D eigenvalue weighted by Gasteiger charge is -2.33. The monoisotopic (exact) mass is 450 g/mol. The van der Waals surface area contributed by atoms with Crippen molar-refractivity contribution < 1.29 is 17.6 Å². The van der Waals surface area contributed by atoms with Gasteiger partial charge in [0.15, 0.2) is 0 Å². The van der Waals surface area contributed by atoms with Crippen LogP contribution in [-0.4, -0.2) is 81.9 Å². The van der Waals surface area contributed by atoms with Crippen molar-refractivity contribution in [3.05, 3.63) is 36.0 Å². The number of aromatic nitrogens is 4. The van der Waals surface area contributed by atoms with Gasteiger partial charge < -0.3 is 14.3 Å². The summed E-state index contributed by atoms with van der Waals surface area (Å²) in [6.45, 7) is 1.42. The maximum atomic E-state index is 12.4. The number of hydrogen-bond acceptors (Lipinski definition) is 8. The Hall–Kier alpha value is -2.44. The minimum absolute atomic E-state index is 0.0739. The molecule has 0 radical (unpaired) electrons. The molecule has 10 nitrogen and oxygen atoms in total. The first-order chi connectivity index (χ1) is 14.4. The number of piperazine rings is 1. The number of sulfonamides is 1. The first-order valence-corrected chi connectivity index (χ1v) is 12.3. The molecule has 30 heavy (non-hydrogen) atoms. The summed E-state index contributed by atoms with van der Waals surface area (Å²) in [6.07, 6.45) is 2.38. The zero-order chi connectivity index (χ0) is 21.1. The second-order valence-electron chi connectivity index (χ2n) is 6.99. The Morgan fingerprint density at radius 3 is 2.67 bits per heavy atom. The van der Waals surface area contributed by atoms with E-state index in [4.69, 9.17) is 4.42 Å². The van der Waals surface area contributed by atoms with Crippen molar-refractivity contribution >= 4 is 38.7 Å². The number of rotatable bonds is 7. The van der Waals surface area contributed by atoms with Crippen molar-refractivity contribution in [2.75, 3.05) is 38.2 Å². The predicted octanol–water partition coefficient (Wildman–Crippen LogP) is 0.927. The van der Waals surface area contributed by atoms with Crippen LogP contribution in [0.15, 0.2) is 33.9 Å². The number of hydrogen-bond donors (Lipinski definition) is 1. The van der Waals surface area contributed by atoms with Crippen LogP contribution in [0.4, 0.5) is 0 Å². The molecular formula is C18H22N6O4S2. The molecule has 1 aliphatic rings. The normalized spacial score (nSPS) is 15.7. The number of nitrogens with zero attached hydrogens (tertiary/aromatic N) is 5. The van der Waals surface area contributed by atoms with Crippen LogP contribution in [0.3, 0.4) is 0 Å². The van der Waals surface area contributed by atoms with Gasteiger partial charge in [-0.2, -0.15) is 4.31 Å². The fraction of sp³-hybridized carbons (Fsp3) is 0.444. The van der Waals surface area contributed by atoms with Crippen LogP contribution in [0, 0.1) is 0 Å². The van der Waals surface area contributed by atoms with Crippen LogP contribution in [0.25, 0.3) is 11.0 Å². The molecule has 0 saturated carbocycles. The highest BCUT2D eigenvalue weighted by molar-refractivity contribution is 7.99. The lowest BCUT2D eigenvalue weighted by Crippen LogP contribution is -2.50. The highest BCUT2D eigenvalue weighted by Gasteiger charge is 2.26. The largest absolute Gasteiger partial charge is 0.416 e. The van der Waals surface area contributed by atoms with E-state index in [1.807, 2.05) is 24.3 Å². The number of nitrogens with one attached hydrogen (secondary N) is 1. The first-order valence-electron chi connectivity index (χ1n) is 9.50. The Balaban J connectivity index is 1.24. The van der Waals surface area contributed by atoms with Crippen LogP contribution >= 0.6 is 11.8 Å². The summed E-state index contributed by atoms with van der Waals surface area (Å²) in [5, 5.41) is 8.37. The third-order valence-corrected chi connectivity index (χ3v) is 6.95. The molecular weight excluding hydrogens is 428 g/mol. The number of amides is 1. The molecule has 0 spiro atoms. The van der Waals surface area contributed by atoms with Crippen molar-refractivity contribution in [1.82, 2.24) is 29.4 Å². The number of imidazole rings is 1. The SMILES string of the molecule is CS(=O)(=O)N1CCN(C(=O)CSc2nnc(CCc3nc4ccccc4[nH]3)o2)CC1. The summed E-state index contributed by atoms with van der Waals surface area (Å²) in [6, 6.07) is 7.83. The minimum Gasteiger partial charge on any atom is -0.416 e. The third-order valence-electron chi connectivity index (χ3n) is 4.84. The summed E-state index contributed by atoms with van der Waals surface area (Å²) in [4.78, 5) is 21.8. The molecule has 0 bridgehead atoms. The molecule has 3 heterocycles. The molecule has 1 N–H and O–H groups in total. The van der Waals surface area contributed by atoms with Crippen molar-refractivity contribution in [1.29, 1.82) is 0 Å². The van der Waals surface area contributed by atoms with Gasteiger partial charge in [0.25, 0.3) is 5.22 Å². The maximum Gasteiger partial charge on any atom is 0.277 e. The number of aryl methyl sites for hydroxylation is 2. The average molecular weight is 451 g/mol. The van der Waals surface area contributed by atoms with Gasteiger partial charge in [0.05, 0.1) is 23.0 Å². The Labute approximate surface area is 178 Å². The number of benzene rings is 1. The van der Waals surface area contributed by atoms with Crippen LogP contribution in [-0.2, 0) is 27.7 Å². The molecule has 1 amide bonds. The van der Waals surface area contributed by atoms with Gasteiger partial charge in [0.1, 0.15) is 5.82 Å². The zero-order valence-electron chi connectivity index (χ0n) is 16.4. The van der Waals surface area contributed by atoms with E-state index in [0.717, 1.165) is 16.9 Å². The minimum atomic E-state index is -3.21. The fourth-order valence-electron chi connectivity index (χ4n) is 3.23. The van der Waals surface area contributed by atoms with Crippen molar-refractivity contribution in [2.45, 2.75) is 18.1 Å². The van der Waals surface area contributed by atoms with Crippen molar-refractivity contribution in [2.24, 2.45) is 0 Å². The summed E-state index contributed by atoms with van der Waals surface area (Å²) >= 11 is 1.19. The average Bonchev–Trinajstić information content (AvgIpc) is 3.36. The van der Waals surface area contributed by atoms with Crippen LogP contribution in [0.2, 0.25) is 0 Å². The third kappa shape index (κ3) is 4.99. The number of aromatic amines is 1. The fourth-order valence-corrected chi connectivity index (χ4v) is 4.74. The Morgan fingerprint density at radius 1 is 1.17 bits per heavy atom. The van der Waals surface area contributed by atoms with E-state index >= 15 is 0 Å². The highest BCUT2D eigenvalue weighted by atomic mass is 32.2. The summed E-state index contributed by atoms with van der Waals surface area (Å²) in [5.41, 5.74) is 1.91. The van der Waals surface area contributed by atoms with Gasteiger partial charge in [-0.3, -0.25) is 4.79 Å². The van der Waals surface area contributed by atoms with E-state index in [1.165, 1.54) is 22.3 Å². The van der Waals surface area contributed by atoms with E-state index < -0.39 is 10.0 Å². The predicted molar refractivity (Wildman–Crippen MR) is 112 cm³/mol. The maximum absolute atomic E-state index is 12.4. The standard InChI is InChI=1S/C18H22N6O4S2/c1-30(26,27)24-10-8-23(9-11-24)17(25)12-29-18-22-21-16(28-18)7-6-15-19-13-4-2-3-5-14(13)20-15/h2-5H,6-12H2,1H3,(H,19,20). The van der Waals surface area contributed by atoms with Gasteiger partial charge in [-0.15, -0.1) is 10.2 Å². The molecule has 1 aliphatic heterocycles. The Morgan fingerprint density at radius 2 is 1.93 bits per heavy atom. The molecule has 2 aromatic heterocycles. The molecule has 0 unspecified atom stereocenters. The second kappa shape index (κ2) is 8.74. The summed E-state index contributed by atoms with van der Waals surface area (Å²) in [7, 11) is -3.21. The summed E-state index contributed by atoms with van der Waals surface area (Å²) < 4.78 is 30.1. The molecule has 1 aromatic carbocycles. The second-order valence-corrected chi connectivity index (χ2v) is 9.90. The van der Waals surface area contributed by atoms with Gasteiger partial charge in [-0.1, -0.05) is 23.9 Å². The molecule has 3 aromatic rings. The smallest absolute Gasteiger partial charge is 0.277 e. The number of carbonyl (C=O) groups is 1. The number of thioether (sulfide) groups is 1. The van der Waals surface area contributed by atoms with Gasteiger partial charge >= 0.3 is 0 Å². The number of H-pyrrole nitrogens is 1.